The van der Waals surface area contributed by atoms with E-state index in [1.165, 1.54) is 18.4 Å². The zero-order chi connectivity index (χ0) is 20.5. The number of carbonyl (C=O) groups is 1. The lowest BCUT2D eigenvalue weighted by Gasteiger charge is -2.07. The van der Waals surface area contributed by atoms with Gasteiger partial charge in [0.25, 0.3) is 0 Å². The van der Waals surface area contributed by atoms with Crippen LogP contribution in [0.2, 0.25) is 10.0 Å². The van der Waals surface area contributed by atoms with Crippen molar-refractivity contribution in [1.29, 1.82) is 0 Å². The molecule has 2 heterocycles. The molecule has 0 saturated carbocycles. The Morgan fingerprint density at radius 1 is 1.21 bits per heavy atom. The fourth-order valence-corrected chi connectivity index (χ4v) is 4.27. The van der Waals surface area contributed by atoms with Crippen molar-refractivity contribution < 1.29 is 14.6 Å². The van der Waals surface area contributed by atoms with Gasteiger partial charge in [-0.1, -0.05) is 41.4 Å². The SMILES string of the molecule is COC(=O)c1c(Nc2ccc(Cl)c(Cl)c2)sc(/C=C2\C=Nc3ccccc32)c1O. The number of aromatic hydroxyl groups is 1. The molecular weight excluding hydrogens is 431 g/mol. The summed E-state index contributed by atoms with van der Waals surface area (Å²) in [6.45, 7) is 0. The third-order valence-corrected chi connectivity index (χ3v) is 6.10. The van der Waals surface area contributed by atoms with Gasteiger partial charge in [-0.3, -0.25) is 4.99 Å². The largest absolute Gasteiger partial charge is 0.505 e. The van der Waals surface area contributed by atoms with Gasteiger partial charge in [-0.25, -0.2) is 4.79 Å². The number of hydrogen-bond acceptors (Lipinski definition) is 6. The lowest BCUT2D eigenvalue weighted by molar-refractivity contribution is 0.0599. The number of nitrogens with zero attached hydrogens (tertiary/aromatic N) is 1. The normalized spacial score (nSPS) is 13.6. The summed E-state index contributed by atoms with van der Waals surface area (Å²) < 4.78 is 4.85. The number of hydrogen-bond donors (Lipinski definition) is 2. The Morgan fingerprint density at radius 2 is 2.00 bits per heavy atom. The predicted molar refractivity (Wildman–Crippen MR) is 120 cm³/mol. The van der Waals surface area contributed by atoms with Crippen LogP contribution in [0.3, 0.4) is 0 Å². The molecule has 0 bridgehead atoms. The van der Waals surface area contributed by atoms with Crippen LogP contribution in [0.25, 0.3) is 11.6 Å². The Labute approximate surface area is 180 Å². The lowest BCUT2D eigenvalue weighted by atomic mass is 10.1. The lowest BCUT2D eigenvalue weighted by Crippen LogP contribution is -2.03. The first-order chi connectivity index (χ1) is 14.0. The number of aliphatic imine (C=N–C) groups is 1. The molecule has 0 radical (unpaired) electrons. The number of esters is 1. The van der Waals surface area contributed by atoms with Crippen LogP contribution in [0.15, 0.2) is 47.5 Å². The van der Waals surface area contributed by atoms with Gasteiger partial charge in [-0.2, -0.15) is 0 Å². The van der Waals surface area contributed by atoms with Crippen molar-refractivity contribution in [2.75, 3.05) is 12.4 Å². The molecular formula is C21H14Cl2N2O3S. The Bertz CT molecular complexity index is 1180. The molecule has 1 aliphatic heterocycles. The van der Waals surface area contributed by atoms with Crippen molar-refractivity contribution in [3.8, 4) is 5.75 Å². The summed E-state index contributed by atoms with van der Waals surface area (Å²) in [4.78, 5) is 17.2. The first-order valence-corrected chi connectivity index (χ1v) is 10.1. The van der Waals surface area contributed by atoms with Crippen molar-refractivity contribution in [1.82, 2.24) is 0 Å². The maximum absolute atomic E-state index is 12.3. The van der Waals surface area contributed by atoms with Crippen molar-refractivity contribution >= 4 is 74.7 Å². The average Bonchev–Trinajstić information content (AvgIpc) is 3.26. The maximum Gasteiger partial charge on any atom is 0.344 e. The topological polar surface area (TPSA) is 70.9 Å². The van der Waals surface area contributed by atoms with Gasteiger partial charge in [-0.05, 0) is 30.3 Å². The van der Waals surface area contributed by atoms with Gasteiger partial charge in [-0.15, -0.1) is 11.3 Å². The Hall–Kier alpha value is -2.80. The maximum atomic E-state index is 12.3. The summed E-state index contributed by atoms with van der Waals surface area (Å²) in [5.41, 5.74) is 3.34. The third kappa shape index (κ3) is 3.74. The minimum atomic E-state index is -0.647. The molecule has 4 rings (SSSR count). The number of fused-ring (bicyclic) bond motifs is 1. The van der Waals surface area contributed by atoms with Crippen LogP contribution in [0.4, 0.5) is 16.4 Å². The highest BCUT2D eigenvalue weighted by Crippen LogP contribution is 2.44. The third-order valence-electron chi connectivity index (χ3n) is 4.32. The Balaban J connectivity index is 1.77. The van der Waals surface area contributed by atoms with E-state index in [1.807, 2.05) is 24.3 Å². The highest BCUT2D eigenvalue weighted by atomic mass is 35.5. The van der Waals surface area contributed by atoms with Gasteiger partial charge in [0.1, 0.15) is 16.3 Å². The fraction of sp³-hybridized carbons (Fsp3) is 0.0476. The number of rotatable bonds is 4. The number of benzene rings is 2. The molecule has 0 unspecified atom stereocenters. The summed E-state index contributed by atoms with van der Waals surface area (Å²) >= 11 is 13.3. The zero-order valence-corrected chi connectivity index (χ0v) is 17.4. The number of methoxy groups -OCH3 is 1. The number of carbonyl (C=O) groups excluding carboxylic acids is 1. The predicted octanol–water partition coefficient (Wildman–Crippen LogP) is 6.55. The molecule has 0 aliphatic carbocycles. The Morgan fingerprint density at radius 3 is 2.76 bits per heavy atom. The van der Waals surface area contributed by atoms with E-state index >= 15 is 0 Å². The molecule has 0 fully saturated rings. The number of halogens is 2. The van der Waals surface area contributed by atoms with Crippen LogP contribution >= 0.6 is 34.5 Å². The van der Waals surface area contributed by atoms with E-state index in [0.717, 1.165) is 16.8 Å². The van der Waals surface area contributed by atoms with Gasteiger partial charge >= 0.3 is 5.97 Å². The highest BCUT2D eigenvalue weighted by molar-refractivity contribution is 7.18. The fourth-order valence-electron chi connectivity index (χ4n) is 2.92. The van der Waals surface area contributed by atoms with Crippen LogP contribution in [0.1, 0.15) is 20.8 Å². The van der Waals surface area contributed by atoms with Crippen molar-refractivity contribution in [2.45, 2.75) is 0 Å². The molecule has 0 saturated heterocycles. The first kappa shape index (κ1) is 19.5. The van der Waals surface area contributed by atoms with Gasteiger partial charge in [0, 0.05) is 23.0 Å². The van der Waals surface area contributed by atoms with Gasteiger partial charge in [0.2, 0.25) is 0 Å². The van der Waals surface area contributed by atoms with Crippen molar-refractivity contribution in [2.24, 2.45) is 4.99 Å². The number of allylic oxidation sites excluding steroid dienone is 1. The summed E-state index contributed by atoms with van der Waals surface area (Å²) in [5.74, 6) is -0.804. The minimum Gasteiger partial charge on any atom is -0.505 e. The van der Waals surface area contributed by atoms with Crippen molar-refractivity contribution in [3.05, 3.63) is 68.5 Å². The Kier molecular flexibility index (Phi) is 5.32. The van der Waals surface area contributed by atoms with E-state index in [-0.39, 0.29) is 11.3 Å². The van der Waals surface area contributed by atoms with E-state index in [2.05, 4.69) is 10.3 Å². The molecule has 29 heavy (non-hydrogen) atoms. The molecule has 0 spiro atoms. The van der Waals surface area contributed by atoms with Crippen LogP contribution in [-0.4, -0.2) is 24.4 Å². The molecule has 146 valence electrons. The monoisotopic (exact) mass is 444 g/mol. The zero-order valence-electron chi connectivity index (χ0n) is 15.1. The van der Waals surface area contributed by atoms with E-state index in [9.17, 15) is 9.90 Å². The van der Waals surface area contributed by atoms with Gasteiger partial charge < -0.3 is 15.2 Å². The summed E-state index contributed by atoms with van der Waals surface area (Å²) in [6, 6.07) is 12.7. The summed E-state index contributed by atoms with van der Waals surface area (Å²) in [5, 5.41) is 15.1. The number of anilines is 2. The van der Waals surface area contributed by atoms with Crippen LogP contribution in [-0.2, 0) is 4.74 Å². The van der Waals surface area contributed by atoms with Crippen LogP contribution in [0, 0.1) is 0 Å². The molecule has 2 N–H and O–H groups in total. The smallest absolute Gasteiger partial charge is 0.344 e. The highest BCUT2D eigenvalue weighted by Gasteiger charge is 2.25. The van der Waals surface area contributed by atoms with E-state index in [4.69, 9.17) is 27.9 Å². The summed E-state index contributed by atoms with van der Waals surface area (Å²) in [7, 11) is 1.26. The molecule has 0 amide bonds. The van der Waals surface area contributed by atoms with E-state index in [0.29, 0.717) is 25.6 Å². The quantitative estimate of drug-likeness (QED) is 0.447. The number of para-hydroxylation sites is 1. The summed E-state index contributed by atoms with van der Waals surface area (Å²) in [6.07, 6.45) is 3.52. The second kappa shape index (κ2) is 7.91. The van der Waals surface area contributed by atoms with Crippen LogP contribution < -0.4 is 5.32 Å². The van der Waals surface area contributed by atoms with Crippen LogP contribution in [0.5, 0.6) is 5.75 Å². The molecule has 2 aromatic carbocycles. The molecule has 1 aromatic heterocycles. The molecule has 5 nitrogen and oxygen atoms in total. The average molecular weight is 445 g/mol. The van der Waals surface area contributed by atoms with Gasteiger partial charge in [0.05, 0.1) is 27.7 Å². The number of ether oxygens (including phenoxy) is 1. The molecule has 1 aliphatic rings. The molecule has 8 heteroatoms. The number of thiophene rings is 1. The molecule has 0 atom stereocenters. The standard InChI is InChI=1S/C21H14Cl2N2O3S/c1-28-21(27)18-19(26)17(8-11-10-24-16-5-3-2-4-13(11)16)29-20(18)25-12-6-7-14(22)15(23)9-12/h2-10,25-26H,1H3/b11-8+. The van der Waals surface area contributed by atoms with E-state index in [1.54, 1.807) is 30.5 Å². The number of nitrogens with one attached hydrogen (secondary N) is 1. The minimum absolute atomic E-state index is 0.0543. The molecule has 3 aromatic rings. The second-order valence-electron chi connectivity index (χ2n) is 6.14. The second-order valence-corrected chi connectivity index (χ2v) is 8.01. The first-order valence-electron chi connectivity index (χ1n) is 8.49. The van der Waals surface area contributed by atoms with Crippen molar-refractivity contribution in [3.63, 3.8) is 0 Å². The van der Waals surface area contributed by atoms with E-state index < -0.39 is 5.97 Å². The van der Waals surface area contributed by atoms with Gasteiger partial charge in [0.15, 0.2) is 0 Å².